The van der Waals surface area contributed by atoms with Gasteiger partial charge in [-0.25, -0.2) is 0 Å². The number of hydrogen-bond donors (Lipinski definition) is 14. The van der Waals surface area contributed by atoms with E-state index in [1.807, 2.05) is 0 Å². The van der Waals surface area contributed by atoms with Gasteiger partial charge in [0.2, 0.25) is 0 Å². The number of amides is 1. The molecular weight excluding hydrogens is 566 g/mol. The van der Waals surface area contributed by atoms with Crippen molar-refractivity contribution in [3.8, 4) is 0 Å². The molecule has 2 saturated carbocycles. The fourth-order valence-corrected chi connectivity index (χ4v) is 6.05. The Morgan fingerprint density at radius 1 is 0.905 bits per heavy atom. The van der Waals surface area contributed by atoms with Crippen LogP contribution in [0.5, 0.6) is 0 Å². The molecule has 0 radical (unpaired) electrons. The minimum absolute atomic E-state index is 0.00227. The third-order valence-electron chi connectivity index (χ3n) is 8.83. The molecule has 0 aromatic rings. The minimum atomic E-state index is -1.84. The Hall–Kier alpha value is -1.17. The first kappa shape index (κ1) is 33.7. The number of rotatable bonds is 10. The Morgan fingerprint density at radius 2 is 1.57 bits per heavy atom. The van der Waals surface area contributed by atoms with E-state index < -0.39 is 116 Å². The summed E-state index contributed by atoms with van der Waals surface area (Å²) in [7, 11) is 0. The second-order valence-electron chi connectivity index (χ2n) is 11.7. The van der Waals surface area contributed by atoms with Gasteiger partial charge in [-0.3, -0.25) is 4.79 Å². The average molecular weight is 612 g/mol. The second-order valence-corrected chi connectivity index (χ2v) is 11.7. The molecule has 4 aliphatic rings. The van der Waals surface area contributed by atoms with Gasteiger partial charge in [-0.1, -0.05) is 0 Å². The molecule has 17 atom stereocenters. The number of ether oxygens (including phenoxy) is 3. The average Bonchev–Trinajstić information content (AvgIpc) is 3.58. The molecule has 2 aliphatic carbocycles. The standard InChI is InChI=1S/C24H45N5O13/c25-7-3-8(29-23(38)24(39)4-11(24)26)20(42-22-17(35)13(27)14(32)10(6-31)41-22)16(34)12(7)21-19(37)18(36)15(33)9(40-21)5-28-1-2-30/h7-22,28,30-37,39H,1-6,25-27H2,(H,29,38). The fourth-order valence-electron chi connectivity index (χ4n) is 6.05. The molecule has 2 saturated heterocycles. The molecule has 2 aliphatic heterocycles. The zero-order valence-corrected chi connectivity index (χ0v) is 22.9. The van der Waals surface area contributed by atoms with E-state index in [1.54, 1.807) is 0 Å². The highest BCUT2D eigenvalue weighted by atomic mass is 16.7. The van der Waals surface area contributed by atoms with Gasteiger partial charge in [0.1, 0.15) is 42.7 Å². The number of hydrogen-bond acceptors (Lipinski definition) is 17. The maximum atomic E-state index is 12.9. The molecule has 1 amide bonds. The summed E-state index contributed by atoms with van der Waals surface area (Å²) in [4.78, 5) is 12.9. The van der Waals surface area contributed by atoms with Gasteiger partial charge in [0.05, 0.1) is 43.6 Å². The highest BCUT2D eigenvalue weighted by Gasteiger charge is 2.60. The smallest absolute Gasteiger partial charge is 0.253 e. The van der Waals surface area contributed by atoms with Gasteiger partial charge in [0, 0.05) is 37.5 Å². The van der Waals surface area contributed by atoms with E-state index in [0.717, 1.165) is 0 Å². The van der Waals surface area contributed by atoms with Crippen molar-refractivity contribution in [1.82, 2.24) is 10.6 Å². The van der Waals surface area contributed by atoms with E-state index in [-0.39, 0.29) is 32.5 Å². The highest BCUT2D eigenvalue weighted by Crippen LogP contribution is 2.39. The lowest BCUT2D eigenvalue weighted by Gasteiger charge is -2.52. The predicted octanol–water partition coefficient (Wildman–Crippen LogP) is -8.78. The maximum absolute atomic E-state index is 12.9. The predicted molar refractivity (Wildman–Crippen MR) is 139 cm³/mol. The largest absolute Gasteiger partial charge is 0.395 e. The number of carbonyl (C=O) groups excluding carboxylic acids is 1. The van der Waals surface area contributed by atoms with Crippen molar-refractivity contribution in [2.45, 2.75) is 110 Å². The molecule has 4 fully saturated rings. The van der Waals surface area contributed by atoms with Crippen molar-refractivity contribution in [2.75, 3.05) is 26.3 Å². The van der Waals surface area contributed by atoms with E-state index >= 15 is 0 Å². The number of aliphatic hydroxyl groups is 9. The van der Waals surface area contributed by atoms with Gasteiger partial charge in [0.25, 0.3) is 5.91 Å². The van der Waals surface area contributed by atoms with Crippen molar-refractivity contribution < 1.29 is 65.0 Å². The Kier molecular flexibility index (Phi) is 10.8. The normalized spacial score (nSPS) is 51.2. The van der Waals surface area contributed by atoms with Crippen LogP contribution in [-0.2, 0) is 19.0 Å². The van der Waals surface area contributed by atoms with Crippen LogP contribution in [0.1, 0.15) is 12.8 Å². The number of aliphatic hydroxyl groups excluding tert-OH is 8. The van der Waals surface area contributed by atoms with Crippen LogP contribution in [-0.4, -0.2) is 175 Å². The zero-order valence-electron chi connectivity index (χ0n) is 22.9. The number of nitrogens with one attached hydrogen (secondary N) is 2. The van der Waals surface area contributed by atoms with Crippen LogP contribution >= 0.6 is 0 Å². The fraction of sp³-hybridized carbons (Fsp3) is 0.958. The summed E-state index contributed by atoms with van der Waals surface area (Å²) >= 11 is 0. The molecular formula is C24H45N5O13. The van der Waals surface area contributed by atoms with Crippen LogP contribution in [0, 0.1) is 5.92 Å². The molecule has 0 aromatic carbocycles. The van der Waals surface area contributed by atoms with Gasteiger partial charge >= 0.3 is 0 Å². The lowest BCUT2D eigenvalue weighted by Crippen LogP contribution is -2.71. The molecule has 0 bridgehead atoms. The summed E-state index contributed by atoms with van der Waals surface area (Å²) in [6.45, 7) is -0.753. The van der Waals surface area contributed by atoms with Crippen molar-refractivity contribution in [2.24, 2.45) is 23.1 Å². The van der Waals surface area contributed by atoms with E-state index in [2.05, 4.69) is 10.6 Å². The van der Waals surface area contributed by atoms with Crippen molar-refractivity contribution >= 4 is 5.91 Å². The zero-order chi connectivity index (χ0) is 31.1. The molecule has 2 heterocycles. The van der Waals surface area contributed by atoms with Crippen molar-refractivity contribution in [3.05, 3.63) is 0 Å². The number of carbonyl (C=O) groups is 1. The minimum Gasteiger partial charge on any atom is -0.395 e. The van der Waals surface area contributed by atoms with Crippen LogP contribution in [0.4, 0.5) is 0 Å². The summed E-state index contributed by atoms with van der Waals surface area (Å²) in [6, 6.07) is -4.24. The second kappa shape index (κ2) is 13.4. The molecule has 0 aromatic heterocycles. The van der Waals surface area contributed by atoms with Crippen LogP contribution in [0.2, 0.25) is 0 Å². The first-order valence-electron chi connectivity index (χ1n) is 14.0. The lowest BCUT2D eigenvalue weighted by molar-refractivity contribution is -0.310. The summed E-state index contributed by atoms with van der Waals surface area (Å²) in [5.41, 5.74) is 16.2. The van der Waals surface area contributed by atoms with Crippen LogP contribution in [0.3, 0.4) is 0 Å². The Labute approximate surface area is 241 Å². The van der Waals surface area contributed by atoms with Crippen molar-refractivity contribution in [3.63, 3.8) is 0 Å². The lowest BCUT2D eigenvalue weighted by atomic mass is 9.72. The topological polar surface area (TPSA) is 329 Å². The first-order valence-corrected chi connectivity index (χ1v) is 14.0. The Morgan fingerprint density at radius 3 is 2.17 bits per heavy atom. The molecule has 18 heteroatoms. The van der Waals surface area contributed by atoms with Crippen LogP contribution in [0.15, 0.2) is 0 Å². The molecule has 42 heavy (non-hydrogen) atoms. The van der Waals surface area contributed by atoms with Gasteiger partial charge in [0.15, 0.2) is 11.9 Å². The van der Waals surface area contributed by atoms with Crippen LogP contribution < -0.4 is 27.8 Å². The molecule has 17 unspecified atom stereocenters. The molecule has 4 rings (SSSR count). The third kappa shape index (κ3) is 6.45. The quantitative estimate of drug-likeness (QED) is 0.102. The van der Waals surface area contributed by atoms with Gasteiger partial charge in [-0.05, 0) is 6.42 Å². The molecule has 244 valence electrons. The summed E-state index contributed by atoms with van der Waals surface area (Å²) < 4.78 is 17.4. The number of nitrogens with two attached hydrogens (primary N) is 3. The van der Waals surface area contributed by atoms with E-state index in [9.17, 15) is 45.6 Å². The van der Waals surface area contributed by atoms with Gasteiger partial charge in [-0.2, -0.15) is 0 Å². The Balaban J connectivity index is 1.60. The summed E-state index contributed by atoms with van der Waals surface area (Å²) in [5.74, 6) is -2.03. The molecule has 0 spiro atoms. The van der Waals surface area contributed by atoms with Crippen LogP contribution in [0.25, 0.3) is 0 Å². The first-order chi connectivity index (χ1) is 19.8. The van der Waals surface area contributed by atoms with Gasteiger partial charge < -0.3 is 88.0 Å². The summed E-state index contributed by atoms with van der Waals surface area (Å²) in [6.07, 6.45) is -16.6. The van der Waals surface area contributed by atoms with Crippen molar-refractivity contribution in [1.29, 1.82) is 0 Å². The molecule has 18 nitrogen and oxygen atoms in total. The van der Waals surface area contributed by atoms with Gasteiger partial charge in [-0.15, -0.1) is 0 Å². The maximum Gasteiger partial charge on any atom is 0.253 e. The highest BCUT2D eigenvalue weighted by molar-refractivity contribution is 5.89. The Bertz CT molecular complexity index is 924. The van der Waals surface area contributed by atoms with E-state index in [4.69, 9.17) is 36.5 Å². The molecule has 17 N–H and O–H groups in total. The van der Waals surface area contributed by atoms with E-state index in [0.29, 0.717) is 0 Å². The summed E-state index contributed by atoms with van der Waals surface area (Å²) in [5, 5.41) is 98.9. The third-order valence-corrected chi connectivity index (χ3v) is 8.83. The SMILES string of the molecule is NC1CC(NC(=O)C2(O)CC2N)C(OC2OC(CO)C(O)C(N)C2O)C(O)C1C1OC(CNCCO)C(O)C(O)C1O. The van der Waals surface area contributed by atoms with E-state index in [1.165, 1.54) is 0 Å². The monoisotopic (exact) mass is 611 g/mol.